The fraction of sp³-hybridized carbons (Fsp3) is 0.238. The van der Waals surface area contributed by atoms with Gasteiger partial charge in [-0.25, -0.2) is 18.9 Å². The van der Waals surface area contributed by atoms with Crippen LogP contribution in [0.4, 0.5) is 20.7 Å². The number of halogens is 1. The summed E-state index contributed by atoms with van der Waals surface area (Å²) in [6.45, 7) is 0. The van der Waals surface area contributed by atoms with Crippen molar-refractivity contribution < 1.29 is 17.6 Å². The van der Waals surface area contributed by atoms with Gasteiger partial charge in [0, 0.05) is 32.1 Å². The molecule has 9 nitrogen and oxygen atoms in total. The number of urea groups is 1. The number of anilines is 2. The first-order chi connectivity index (χ1) is 15.3. The lowest BCUT2D eigenvalue weighted by atomic mass is 9.97. The van der Waals surface area contributed by atoms with Crippen molar-refractivity contribution in [1.82, 2.24) is 19.7 Å². The molecule has 0 bridgehead atoms. The topological polar surface area (TPSA) is 117 Å². The molecule has 0 spiro atoms. The first-order valence-corrected chi connectivity index (χ1v) is 11.3. The van der Waals surface area contributed by atoms with Gasteiger partial charge in [-0.05, 0) is 54.2 Å². The Morgan fingerprint density at radius 2 is 1.81 bits per heavy atom. The second-order valence-corrected chi connectivity index (χ2v) is 9.13. The molecule has 0 aliphatic heterocycles. The van der Waals surface area contributed by atoms with Crippen LogP contribution in [0.15, 0.2) is 48.0 Å². The number of sulfonamides is 1. The average molecular weight is 457 g/mol. The van der Waals surface area contributed by atoms with Gasteiger partial charge in [-0.2, -0.15) is 8.42 Å². The highest BCUT2D eigenvalue weighted by atomic mass is 32.2. The maximum Gasteiger partial charge on any atom is 0.333 e. The molecular formula is C21H21FN6O3S. The van der Waals surface area contributed by atoms with E-state index in [-0.39, 0.29) is 5.82 Å². The van der Waals surface area contributed by atoms with E-state index in [1.165, 1.54) is 12.3 Å². The summed E-state index contributed by atoms with van der Waals surface area (Å²) < 4.78 is 42.0. The predicted octanol–water partition coefficient (Wildman–Crippen LogP) is 2.74. The van der Waals surface area contributed by atoms with Gasteiger partial charge in [0.05, 0.1) is 18.1 Å². The lowest BCUT2D eigenvalue weighted by Crippen LogP contribution is -2.35. The van der Waals surface area contributed by atoms with Crippen LogP contribution >= 0.6 is 0 Å². The summed E-state index contributed by atoms with van der Waals surface area (Å²) in [6, 6.07) is 3.77. The van der Waals surface area contributed by atoms with E-state index in [0.29, 0.717) is 46.6 Å². The number of hydrogen-bond donors (Lipinski definition) is 2. The highest BCUT2D eigenvalue weighted by Crippen LogP contribution is 2.39. The number of pyridine rings is 1. The SMILES string of the molecule is CN(C)c1cncc(S(=O)(=O)NC(=O)Nc2c(-c3ccncc3)cc(F)c3c2CCC3)n1. The molecule has 166 valence electrons. The van der Waals surface area contributed by atoms with E-state index in [9.17, 15) is 17.6 Å². The van der Waals surface area contributed by atoms with Gasteiger partial charge < -0.3 is 10.2 Å². The molecule has 0 saturated heterocycles. The smallest absolute Gasteiger partial charge is 0.333 e. The van der Waals surface area contributed by atoms with Gasteiger partial charge in [-0.3, -0.25) is 9.97 Å². The number of fused-ring (bicyclic) bond motifs is 1. The summed E-state index contributed by atoms with van der Waals surface area (Å²) >= 11 is 0. The van der Waals surface area contributed by atoms with Crippen molar-refractivity contribution in [3.63, 3.8) is 0 Å². The lowest BCUT2D eigenvalue weighted by Gasteiger charge is -2.17. The van der Waals surface area contributed by atoms with Crippen LogP contribution in [-0.2, 0) is 22.9 Å². The number of amides is 2. The van der Waals surface area contributed by atoms with Crippen LogP contribution in [0.3, 0.4) is 0 Å². The lowest BCUT2D eigenvalue weighted by molar-refractivity contribution is 0.256. The van der Waals surface area contributed by atoms with E-state index in [4.69, 9.17) is 0 Å². The minimum absolute atomic E-state index is 0.324. The van der Waals surface area contributed by atoms with Crippen LogP contribution < -0.4 is 14.9 Å². The molecule has 2 heterocycles. The highest BCUT2D eigenvalue weighted by molar-refractivity contribution is 7.90. The van der Waals surface area contributed by atoms with Gasteiger partial charge in [0.25, 0.3) is 10.0 Å². The van der Waals surface area contributed by atoms with Gasteiger partial charge >= 0.3 is 6.03 Å². The molecule has 32 heavy (non-hydrogen) atoms. The van der Waals surface area contributed by atoms with Crippen molar-refractivity contribution >= 4 is 27.6 Å². The number of aromatic nitrogens is 3. The standard InChI is InChI=1S/C21H21FN6O3S/c1-28(2)18-11-24-12-19(25-18)32(30,31)27-21(29)26-20-15-5-3-4-14(15)17(22)10-16(20)13-6-8-23-9-7-13/h6-12H,3-5H2,1-2H3,(H2,26,27,29). The van der Waals surface area contributed by atoms with Gasteiger partial charge in [0.2, 0.25) is 0 Å². The van der Waals surface area contributed by atoms with Gasteiger partial charge in [0.1, 0.15) is 11.6 Å². The third-order valence-electron chi connectivity index (χ3n) is 5.14. The van der Waals surface area contributed by atoms with Crippen molar-refractivity contribution in [3.8, 4) is 11.1 Å². The molecule has 3 aromatic rings. The van der Waals surface area contributed by atoms with Crippen molar-refractivity contribution in [2.45, 2.75) is 24.3 Å². The molecule has 0 atom stereocenters. The molecule has 2 aromatic heterocycles. The first-order valence-electron chi connectivity index (χ1n) is 9.84. The Bertz CT molecular complexity index is 1280. The number of hydrogen-bond acceptors (Lipinski definition) is 7. The Morgan fingerprint density at radius 3 is 2.53 bits per heavy atom. The first kappa shape index (κ1) is 21.6. The van der Waals surface area contributed by atoms with Crippen LogP contribution in [0.5, 0.6) is 0 Å². The molecule has 0 saturated carbocycles. The van der Waals surface area contributed by atoms with Crippen LogP contribution in [-0.4, -0.2) is 43.5 Å². The summed E-state index contributed by atoms with van der Waals surface area (Å²) in [4.78, 5) is 26.2. The molecule has 1 aliphatic rings. The van der Waals surface area contributed by atoms with Gasteiger partial charge in [0.15, 0.2) is 5.03 Å². The molecule has 1 aromatic carbocycles. The van der Waals surface area contributed by atoms with Gasteiger partial charge in [-0.1, -0.05) is 0 Å². The minimum Gasteiger partial charge on any atom is -0.361 e. The Balaban J connectivity index is 1.67. The van der Waals surface area contributed by atoms with Crippen molar-refractivity contribution in [3.05, 3.63) is 59.9 Å². The number of benzene rings is 1. The third-order valence-corrected chi connectivity index (χ3v) is 6.34. The quantitative estimate of drug-likeness (QED) is 0.606. The van der Waals surface area contributed by atoms with E-state index >= 15 is 0 Å². The minimum atomic E-state index is -4.28. The summed E-state index contributed by atoms with van der Waals surface area (Å²) in [6.07, 6.45) is 7.45. The summed E-state index contributed by atoms with van der Waals surface area (Å²) in [5.74, 6) is -0.0247. The second-order valence-electron chi connectivity index (χ2n) is 7.50. The molecule has 4 rings (SSSR count). The largest absolute Gasteiger partial charge is 0.361 e. The Kier molecular flexibility index (Phi) is 5.74. The average Bonchev–Trinajstić information content (AvgIpc) is 3.27. The molecule has 2 N–H and O–H groups in total. The second kappa shape index (κ2) is 8.50. The number of carbonyl (C=O) groups is 1. The van der Waals surface area contributed by atoms with Crippen LogP contribution in [0.1, 0.15) is 17.5 Å². The monoisotopic (exact) mass is 456 g/mol. The highest BCUT2D eigenvalue weighted by Gasteiger charge is 2.26. The predicted molar refractivity (Wildman–Crippen MR) is 117 cm³/mol. The van der Waals surface area contributed by atoms with E-state index in [1.54, 1.807) is 43.5 Å². The van der Waals surface area contributed by atoms with Gasteiger partial charge in [-0.15, -0.1) is 0 Å². The zero-order chi connectivity index (χ0) is 22.9. The van der Waals surface area contributed by atoms with E-state index in [2.05, 4.69) is 20.3 Å². The van der Waals surface area contributed by atoms with Crippen molar-refractivity contribution in [2.75, 3.05) is 24.3 Å². The molecule has 1 aliphatic carbocycles. The molecule has 0 fully saturated rings. The maximum atomic E-state index is 14.7. The third kappa shape index (κ3) is 4.24. The Hall–Kier alpha value is -3.60. The van der Waals surface area contributed by atoms with Crippen LogP contribution in [0.25, 0.3) is 11.1 Å². The summed E-state index contributed by atoms with van der Waals surface area (Å²) in [5, 5.41) is 2.23. The Labute approximate surface area is 184 Å². The molecule has 2 amide bonds. The van der Waals surface area contributed by atoms with E-state index in [1.807, 2.05) is 4.72 Å². The summed E-state index contributed by atoms with van der Waals surface area (Å²) in [7, 11) is -0.900. The zero-order valence-corrected chi connectivity index (χ0v) is 18.3. The fourth-order valence-electron chi connectivity index (χ4n) is 3.63. The molecular weight excluding hydrogens is 435 g/mol. The van der Waals surface area contributed by atoms with Crippen molar-refractivity contribution in [2.24, 2.45) is 0 Å². The fourth-order valence-corrected chi connectivity index (χ4v) is 4.44. The number of nitrogens with one attached hydrogen (secondary N) is 2. The normalized spacial score (nSPS) is 12.8. The molecule has 0 unspecified atom stereocenters. The number of nitrogens with zero attached hydrogens (tertiary/aromatic N) is 4. The zero-order valence-electron chi connectivity index (χ0n) is 17.5. The van der Waals surface area contributed by atoms with E-state index < -0.39 is 21.1 Å². The van der Waals surface area contributed by atoms with Crippen LogP contribution in [0.2, 0.25) is 0 Å². The molecule has 0 radical (unpaired) electrons. The van der Waals surface area contributed by atoms with Crippen molar-refractivity contribution in [1.29, 1.82) is 0 Å². The molecule has 11 heteroatoms. The summed E-state index contributed by atoms with van der Waals surface area (Å²) in [5.41, 5.74) is 2.68. The van der Waals surface area contributed by atoms with E-state index in [0.717, 1.165) is 12.6 Å². The number of rotatable bonds is 5. The Morgan fingerprint density at radius 1 is 1.09 bits per heavy atom. The number of carbonyl (C=O) groups excluding carboxylic acids is 1. The maximum absolute atomic E-state index is 14.7. The van der Waals surface area contributed by atoms with Crippen LogP contribution in [0, 0.1) is 5.82 Å².